The van der Waals surface area contributed by atoms with Crippen molar-refractivity contribution in [1.29, 1.82) is 0 Å². The molecule has 2 atom stereocenters. The second-order valence-corrected chi connectivity index (χ2v) is 49.6. The Morgan fingerprint density at radius 1 is 0.673 bits per heavy atom. The summed E-state index contributed by atoms with van der Waals surface area (Å²) in [7, 11) is 0. The Kier molecular flexibility index (Phi) is 12.6. The Bertz CT molecular complexity index is 2060. The molecule has 6 rings (SSSR count). The van der Waals surface area contributed by atoms with Crippen LogP contribution in [0.15, 0.2) is 90.0 Å². The minimum Gasteiger partial charge on any atom is -0.147 e. The average molecular weight is 831 g/mol. The van der Waals surface area contributed by atoms with E-state index < -0.39 is 17.4 Å². The molecule has 0 bridgehead atoms. The van der Waals surface area contributed by atoms with Crippen LogP contribution >= 0.6 is 24.8 Å². The molecule has 0 aromatic heterocycles. The molecule has 0 amide bonds. The van der Waals surface area contributed by atoms with E-state index in [2.05, 4.69) is 176 Å². The van der Waals surface area contributed by atoms with Crippen LogP contribution in [0, 0.1) is 5.92 Å². The smallest absolute Gasteiger partial charge is 0.147 e. The summed E-state index contributed by atoms with van der Waals surface area (Å²) in [5, 5.41) is 0. The Balaban J connectivity index is 0.00000302. The first-order valence-electron chi connectivity index (χ1n) is 19.3. The van der Waals surface area contributed by atoms with E-state index in [1.165, 1.54) is 57.3 Å². The molecule has 0 N–H and O–H groups in total. The zero-order valence-corrected chi connectivity index (χ0v) is 39.5. The molecule has 0 heterocycles. The van der Waals surface area contributed by atoms with Crippen LogP contribution in [0.4, 0.5) is 0 Å². The van der Waals surface area contributed by atoms with Crippen molar-refractivity contribution in [2.45, 2.75) is 116 Å². The number of unbranched alkanes of at least 4 members (excludes halogenated alkanes) is 1. The van der Waals surface area contributed by atoms with E-state index in [-0.39, 0.29) is 35.6 Å². The summed E-state index contributed by atoms with van der Waals surface area (Å²) in [6, 6.07) is 31.0. The van der Waals surface area contributed by atoms with E-state index in [1.54, 1.807) is 27.8 Å². The minimum atomic E-state index is -3.77. The summed E-state index contributed by atoms with van der Waals surface area (Å²) >= 11 is -3.77. The van der Waals surface area contributed by atoms with Gasteiger partial charge in [-0.25, -0.2) is 0 Å². The fourth-order valence-corrected chi connectivity index (χ4v) is 30.0. The molecule has 4 aromatic carbocycles. The van der Waals surface area contributed by atoms with Crippen LogP contribution in [0.2, 0.25) is 9.26 Å². The van der Waals surface area contributed by atoms with Crippen molar-refractivity contribution >= 4 is 43.8 Å². The van der Waals surface area contributed by atoms with Crippen molar-refractivity contribution in [1.82, 2.24) is 0 Å². The normalized spacial score (nSPS) is 17.2. The van der Waals surface area contributed by atoms with E-state index in [0.29, 0.717) is 13.2 Å². The number of rotatable bonds is 8. The van der Waals surface area contributed by atoms with Crippen molar-refractivity contribution in [3.8, 4) is 22.3 Å². The molecule has 0 aliphatic heterocycles. The molecule has 278 valence electrons. The van der Waals surface area contributed by atoms with Crippen LogP contribution in [-0.4, -0.2) is 6.88 Å². The molecular formula is C48H64Cl2SiZr. The van der Waals surface area contributed by atoms with Gasteiger partial charge in [-0.1, -0.05) is 0 Å². The molecule has 0 spiro atoms. The summed E-state index contributed by atoms with van der Waals surface area (Å²) in [4.78, 5) is 0. The summed E-state index contributed by atoms with van der Waals surface area (Å²) in [5.41, 5.74) is 19.6. The van der Waals surface area contributed by atoms with Crippen LogP contribution in [0.25, 0.3) is 34.4 Å². The maximum absolute atomic E-state index is 3.77. The third-order valence-electron chi connectivity index (χ3n) is 12.1. The van der Waals surface area contributed by atoms with E-state index in [0.717, 1.165) is 6.42 Å². The third-order valence-corrected chi connectivity index (χ3v) is 29.6. The summed E-state index contributed by atoms with van der Waals surface area (Å²) in [5.74, 6) is 0.499. The molecule has 0 radical (unpaired) electrons. The number of fused-ring (bicyclic) bond motifs is 2. The van der Waals surface area contributed by atoms with Crippen molar-refractivity contribution < 1.29 is 17.4 Å². The zero-order valence-electron chi connectivity index (χ0n) is 34.0. The largest absolute Gasteiger partial charge is 0.147 e. The number of aryl methyl sites for hydroxylation is 1. The van der Waals surface area contributed by atoms with Gasteiger partial charge in [0.25, 0.3) is 0 Å². The number of halogens is 2. The second-order valence-electron chi connectivity index (χ2n) is 19.2. The standard InChI is InChI=1S/C24H29.C22H25.2CH3.2ClH.H2Si.Zr/c1-6-7-8-18-11-14-21(23-16-17(2)15-22(18)23)19-9-12-20(13-10-19)24(3,4)5;1-15(2)18-13-17-7-6-8-20(21(17)14-18)16-9-11-19(12-10-16)22(3,4)5;;;;;;/h9-16H,6-8H2,1-5H3;6-15H,1-5H3;2*1H3;2*1H;1H2;. The van der Waals surface area contributed by atoms with Gasteiger partial charge in [-0.2, -0.15) is 0 Å². The fraction of sp³-hybridized carbons (Fsp3) is 0.417. The number of benzene rings is 4. The van der Waals surface area contributed by atoms with Gasteiger partial charge in [0.2, 0.25) is 0 Å². The molecule has 0 saturated carbocycles. The third kappa shape index (κ3) is 7.76. The van der Waals surface area contributed by atoms with Crippen molar-refractivity contribution in [2.75, 3.05) is 0 Å². The molecule has 0 fully saturated rings. The van der Waals surface area contributed by atoms with E-state index in [9.17, 15) is 0 Å². The first kappa shape index (κ1) is 42.8. The molecule has 4 aromatic rings. The van der Waals surface area contributed by atoms with Crippen LogP contribution in [0.3, 0.4) is 0 Å². The van der Waals surface area contributed by atoms with Crippen LogP contribution in [0.5, 0.6) is 0 Å². The second kappa shape index (κ2) is 15.3. The molecule has 4 heteroatoms. The Morgan fingerprint density at radius 3 is 1.67 bits per heavy atom. The first-order valence-corrected chi connectivity index (χ1v) is 33.0. The maximum atomic E-state index is 2.81. The van der Waals surface area contributed by atoms with Gasteiger partial charge in [-0.05, 0) is 0 Å². The van der Waals surface area contributed by atoms with Gasteiger partial charge in [0.15, 0.2) is 0 Å². The first-order chi connectivity index (χ1) is 23.3. The molecule has 2 aliphatic rings. The molecule has 0 nitrogen and oxygen atoms in total. The molecule has 0 saturated heterocycles. The summed E-state index contributed by atoms with van der Waals surface area (Å²) < 4.78 is 6.64. The molecular weight excluding hydrogens is 767 g/mol. The number of allylic oxidation sites excluding steroid dienone is 2. The van der Waals surface area contributed by atoms with Gasteiger partial charge in [-0.3, -0.25) is 0 Å². The maximum Gasteiger partial charge on any atom is -0.147 e. The van der Waals surface area contributed by atoms with Gasteiger partial charge in [0.1, 0.15) is 0 Å². The van der Waals surface area contributed by atoms with Gasteiger partial charge in [0, 0.05) is 0 Å². The molecule has 52 heavy (non-hydrogen) atoms. The van der Waals surface area contributed by atoms with Crippen LogP contribution in [-0.2, 0) is 34.6 Å². The summed E-state index contributed by atoms with van der Waals surface area (Å²) in [6.07, 6.45) is 8.87. The Hall–Kier alpha value is -1.96. The summed E-state index contributed by atoms with van der Waals surface area (Å²) in [6.45, 7) is 26.0. The number of hydrogen-bond donors (Lipinski definition) is 0. The molecule has 2 aliphatic carbocycles. The van der Waals surface area contributed by atoms with Gasteiger partial charge in [-0.15, -0.1) is 24.8 Å². The Morgan fingerprint density at radius 2 is 1.19 bits per heavy atom. The van der Waals surface area contributed by atoms with Crippen LogP contribution in [0.1, 0.15) is 128 Å². The minimum absolute atomic E-state index is 0. The van der Waals surface area contributed by atoms with E-state index in [4.69, 9.17) is 0 Å². The Labute approximate surface area is 331 Å². The topological polar surface area (TPSA) is 0 Å². The van der Waals surface area contributed by atoms with Crippen molar-refractivity contribution in [3.05, 3.63) is 129 Å². The molecule has 2 unspecified atom stereocenters. The van der Waals surface area contributed by atoms with E-state index >= 15 is 0 Å². The quantitative estimate of drug-likeness (QED) is 0.155. The fourth-order valence-electron chi connectivity index (χ4n) is 9.48. The predicted molar refractivity (Wildman–Crippen MR) is 236 cm³/mol. The van der Waals surface area contributed by atoms with Gasteiger partial charge < -0.3 is 0 Å². The number of hydrogen-bond acceptors (Lipinski definition) is 0. The van der Waals surface area contributed by atoms with Crippen molar-refractivity contribution in [2.24, 2.45) is 5.92 Å². The van der Waals surface area contributed by atoms with Gasteiger partial charge in [0.05, 0.1) is 0 Å². The SMILES string of the molecule is CCCCc1ccc(-c2ccc(C(C)(C)C)cc2)c2c1[CH]([Zr]([CH3])([CH3])(=[SiH2])[CH]1C(C(C)C)=Cc3c(-c4ccc(C(C)(C)C)cc4)cccc31)C(C)=C2.Cl.Cl. The van der Waals surface area contributed by atoms with Gasteiger partial charge >= 0.3 is 309 Å². The van der Waals surface area contributed by atoms with E-state index in [1.807, 2.05) is 0 Å². The predicted octanol–water partition coefficient (Wildman–Crippen LogP) is 14.4. The zero-order chi connectivity index (χ0) is 36.4. The van der Waals surface area contributed by atoms with Crippen molar-refractivity contribution in [3.63, 3.8) is 0 Å². The monoisotopic (exact) mass is 828 g/mol. The average Bonchev–Trinajstić information content (AvgIpc) is 3.63. The van der Waals surface area contributed by atoms with Crippen LogP contribution < -0.4 is 0 Å².